The van der Waals surface area contributed by atoms with Gasteiger partial charge in [0.05, 0.1) is 39.5 Å². The van der Waals surface area contributed by atoms with Gasteiger partial charge in [0.15, 0.2) is 5.11 Å². The fourth-order valence-electron chi connectivity index (χ4n) is 3.89. The van der Waals surface area contributed by atoms with Gasteiger partial charge in [-0.25, -0.2) is 4.99 Å². The minimum Gasteiger partial charge on any atom is -0.475 e. The maximum Gasteiger partial charge on any atom is 0.417 e. The summed E-state index contributed by atoms with van der Waals surface area (Å²) in [6, 6.07) is -0.257. The molecule has 0 unspecified atom stereocenters. The van der Waals surface area contributed by atoms with Crippen molar-refractivity contribution in [1.82, 2.24) is 0 Å². The predicted molar refractivity (Wildman–Crippen MR) is 128 cm³/mol. The van der Waals surface area contributed by atoms with Gasteiger partial charge in [0.2, 0.25) is 5.90 Å². The van der Waals surface area contributed by atoms with Gasteiger partial charge in [-0.2, -0.15) is 52.7 Å². The molecule has 1 aliphatic rings. The first-order valence-corrected chi connectivity index (χ1v) is 11.9. The first kappa shape index (κ1) is 32.3. The zero-order valence-corrected chi connectivity index (χ0v) is 21.6. The first-order valence-electron chi connectivity index (χ1n) is 11.5. The molecule has 0 fully saturated rings. The SMILES string of the molecule is CC(C)C[C@H]1COC(c2c(NC(=S)Nc3cc(C(F)(F)F)cc(C(F)(F)F)c3)cc(C(F)(F)F)cc2C(F)(F)F)=N1. The van der Waals surface area contributed by atoms with E-state index in [9.17, 15) is 52.7 Å². The zero-order chi connectivity index (χ0) is 31.1. The van der Waals surface area contributed by atoms with Gasteiger partial charge in [0.1, 0.15) is 6.61 Å². The Balaban J connectivity index is 2.11. The molecule has 1 heterocycles. The van der Waals surface area contributed by atoms with E-state index in [2.05, 4.69) is 4.99 Å². The highest BCUT2D eigenvalue weighted by Crippen LogP contribution is 2.42. The van der Waals surface area contributed by atoms with Crippen molar-refractivity contribution in [2.24, 2.45) is 10.9 Å². The van der Waals surface area contributed by atoms with Crippen LogP contribution in [0.3, 0.4) is 0 Å². The van der Waals surface area contributed by atoms with Crippen molar-refractivity contribution in [3.8, 4) is 0 Å². The van der Waals surface area contributed by atoms with E-state index in [1.54, 1.807) is 13.8 Å². The second-order valence-electron chi connectivity index (χ2n) is 9.34. The third kappa shape index (κ3) is 8.16. The van der Waals surface area contributed by atoms with Gasteiger partial charge in [-0.05, 0) is 54.9 Å². The number of benzene rings is 2. The molecule has 0 aliphatic carbocycles. The summed E-state index contributed by atoms with van der Waals surface area (Å²) in [6.45, 7) is 3.40. The van der Waals surface area contributed by atoms with Gasteiger partial charge in [-0.1, -0.05) is 13.8 Å². The summed E-state index contributed by atoms with van der Waals surface area (Å²) in [7, 11) is 0. The second kappa shape index (κ2) is 11.2. The van der Waals surface area contributed by atoms with E-state index in [4.69, 9.17) is 17.0 Å². The quantitative estimate of drug-likeness (QED) is 0.258. The van der Waals surface area contributed by atoms with E-state index in [0.29, 0.717) is 6.42 Å². The zero-order valence-electron chi connectivity index (χ0n) is 20.8. The van der Waals surface area contributed by atoms with E-state index >= 15 is 0 Å². The van der Waals surface area contributed by atoms with Gasteiger partial charge < -0.3 is 15.4 Å². The van der Waals surface area contributed by atoms with Crippen molar-refractivity contribution in [2.45, 2.75) is 51.0 Å². The van der Waals surface area contributed by atoms with E-state index in [1.807, 2.05) is 10.6 Å². The molecule has 0 radical (unpaired) electrons. The molecule has 0 amide bonds. The Bertz CT molecular complexity index is 1300. The molecule has 17 heteroatoms. The molecule has 0 saturated heterocycles. The highest BCUT2D eigenvalue weighted by Gasteiger charge is 2.42. The monoisotopic (exact) mass is 625 g/mol. The van der Waals surface area contributed by atoms with Gasteiger partial charge in [-0.3, -0.25) is 0 Å². The number of alkyl halides is 12. The number of thiocarbonyl (C=S) groups is 1. The van der Waals surface area contributed by atoms with Crippen LogP contribution in [0.1, 0.15) is 48.1 Å². The van der Waals surface area contributed by atoms with Gasteiger partial charge in [0.25, 0.3) is 0 Å². The number of aliphatic imine (C=N–C) groups is 1. The number of nitrogens with zero attached hydrogens (tertiary/aromatic N) is 1. The third-order valence-electron chi connectivity index (χ3n) is 5.53. The lowest BCUT2D eigenvalue weighted by Gasteiger charge is -2.21. The molecule has 4 nitrogen and oxygen atoms in total. The van der Waals surface area contributed by atoms with Crippen LogP contribution in [0.25, 0.3) is 0 Å². The number of nitrogens with one attached hydrogen (secondary N) is 2. The Morgan fingerprint density at radius 3 is 1.78 bits per heavy atom. The first-order chi connectivity index (χ1) is 18.6. The van der Waals surface area contributed by atoms with Crippen LogP contribution in [0.5, 0.6) is 0 Å². The summed E-state index contributed by atoms with van der Waals surface area (Å²) in [5.74, 6) is -0.634. The van der Waals surface area contributed by atoms with Crippen LogP contribution in [0.2, 0.25) is 0 Å². The molecule has 226 valence electrons. The number of hydrogen-bond donors (Lipinski definition) is 2. The highest BCUT2D eigenvalue weighted by atomic mass is 32.1. The molecule has 2 aromatic carbocycles. The summed E-state index contributed by atoms with van der Waals surface area (Å²) < 4.78 is 167. The number of hydrogen-bond acceptors (Lipinski definition) is 3. The molecule has 0 saturated carbocycles. The summed E-state index contributed by atoms with van der Waals surface area (Å²) in [5, 5.41) is 3.08. The number of ether oxygens (including phenoxy) is 1. The van der Waals surface area contributed by atoms with Crippen molar-refractivity contribution >= 4 is 34.6 Å². The molecular formula is C24H19F12N3OS. The van der Waals surface area contributed by atoms with Gasteiger partial charge in [0, 0.05) is 5.69 Å². The fourth-order valence-corrected chi connectivity index (χ4v) is 4.11. The molecular weight excluding hydrogens is 606 g/mol. The molecule has 3 rings (SSSR count). The lowest BCUT2D eigenvalue weighted by Crippen LogP contribution is -2.25. The van der Waals surface area contributed by atoms with E-state index in [0.717, 1.165) is 0 Å². The second-order valence-corrected chi connectivity index (χ2v) is 9.75. The third-order valence-corrected chi connectivity index (χ3v) is 5.74. The van der Waals surface area contributed by atoms with Crippen LogP contribution >= 0.6 is 12.2 Å². The lowest BCUT2D eigenvalue weighted by molar-refractivity contribution is -0.144. The predicted octanol–water partition coefficient (Wildman–Crippen LogP) is 8.76. The van der Waals surface area contributed by atoms with Crippen LogP contribution in [0.4, 0.5) is 64.1 Å². The Morgan fingerprint density at radius 1 is 0.805 bits per heavy atom. The molecule has 0 spiro atoms. The number of halogens is 12. The van der Waals surface area contributed by atoms with Crippen LogP contribution in [-0.4, -0.2) is 23.7 Å². The largest absolute Gasteiger partial charge is 0.475 e. The van der Waals surface area contributed by atoms with Gasteiger partial charge >= 0.3 is 24.7 Å². The summed E-state index contributed by atoms with van der Waals surface area (Å²) in [5.41, 5.74) is -9.85. The topological polar surface area (TPSA) is 45.6 Å². The van der Waals surface area contributed by atoms with Crippen LogP contribution < -0.4 is 10.6 Å². The Morgan fingerprint density at radius 2 is 1.32 bits per heavy atom. The molecule has 41 heavy (non-hydrogen) atoms. The van der Waals surface area contributed by atoms with Crippen LogP contribution in [0, 0.1) is 5.92 Å². The molecule has 2 N–H and O–H groups in total. The summed E-state index contributed by atoms with van der Waals surface area (Å²) in [6.07, 6.45) is -20.7. The number of rotatable bonds is 5. The van der Waals surface area contributed by atoms with Crippen molar-refractivity contribution in [2.75, 3.05) is 17.2 Å². The molecule has 0 aromatic heterocycles. The minimum absolute atomic E-state index is 0.0322. The van der Waals surface area contributed by atoms with Crippen LogP contribution in [0.15, 0.2) is 35.3 Å². The maximum atomic E-state index is 14.0. The van der Waals surface area contributed by atoms with Crippen molar-refractivity contribution < 1.29 is 57.4 Å². The summed E-state index contributed by atoms with van der Waals surface area (Å²) in [4.78, 5) is 4.05. The van der Waals surface area contributed by atoms with E-state index < -0.39 is 80.9 Å². The molecule has 2 aromatic rings. The average molecular weight is 625 g/mol. The lowest BCUT2D eigenvalue weighted by atomic mass is 10.00. The number of anilines is 2. The fraction of sp³-hybridized carbons (Fsp3) is 0.417. The Labute approximate surface area is 229 Å². The van der Waals surface area contributed by atoms with E-state index in [1.165, 1.54) is 0 Å². The maximum absolute atomic E-state index is 14.0. The molecule has 0 bridgehead atoms. The van der Waals surface area contributed by atoms with Crippen molar-refractivity contribution in [3.63, 3.8) is 0 Å². The standard InChI is InChI=1S/C24H19F12N3OS/c1-10(2)3-15-9-40-19(37-15)18-16(24(34,35)36)7-13(23(31,32)33)8-17(18)39-20(41)38-14-5-11(21(25,26)27)4-12(6-14)22(28,29)30/h4-8,10,15H,3,9H2,1-2H3,(H2,38,39,41)/t15-/m0/s1. The molecule has 1 atom stereocenters. The van der Waals surface area contributed by atoms with Gasteiger partial charge in [-0.15, -0.1) is 0 Å². The summed E-state index contributed by atoms with van der Waals surface area (Å²) >= 11 is 4.85. The average Bonchev–Trinajstić information content (AvgIpc) is 3.23. The minimum atomic E-state index is -5.37. The molecule has 1 aliphatic heterocycles. The van der Waals surface area contributed by atoms with E-state index in [-0.39, 0.29) is 42.9 Å². The van der Waals surface area contributed by atoms with Crippen molar-refractivity contribution in [3.05, 3.63) is 58.1 Å². The smallest absolute Gasteiger partial charge is 0.417 e. The Hall–Kier alpha value is -3.24. The van der Waals surface area contributed by atoms with Crippen LogP contribution in [-0.2, 0) is 29.4 Å². The highest BCUT2D eigenvalue weighted by molar-refractivity contribution is 7.80. The van der Waals surface area contributed by atoms with Crippen molar-refractivity contribution in [1.29, 1.82) is 0 Å². The Kier molecular flexibility index (Phi) is 8.82. The normalized spacial score (nSPS) is 16.5.